The Morgan fingerprint density at radius 3 is 2.46 bits per heavy atom. The Morgan fingerprint density at radius 1 is 1.21 bits per heavy atom. The number of rotatable bonds is 4. The number of carboxylic acid groups (broad SMARTS) is 1. The first-order valence-corrected chi connectivity index (χ1v) is 8.00. The van der Waals surface area contributed by atoms with E-state index in [9.17, 15) is 19.8 Å². The third kappa shape index (κ3) is 4.95. The lowest BCUT2D eigenvalue weighted by Crippen LogP contribution is -2.41. The van der Waals surface area contributed by atoms with Gasteiger partial charge in [0.15, 0.2) is 0 Å². The quantitative estimate of drug-likeness (QED) is 0.814. The molecular formula is C18H16NO4S-. The molecule has 1 aromatic carbocycles. The van der Waals surface area contributed by atoms with Crippen LogP contribution in [0.2, 0.25) is 0 Å². The van der Waals surface area contributed by atoms with Crippen molar-refractivity contribution in [1.29, 1.82) is 0 Å². The summed E-state index contributed by atoms with van der Waals surface area (Å²) in [5, 5.41) is 23.3. The number of aliphatic hydroxyl groups is 1. The van der Waals surface area contributed by atoms with E-state index in [0.29, 0.717) is 15.3 Å². The smallest absolute Gasteiger partial charge is 0.262 e. The van der Waals surface area contributed by atoms with Gasteiger partial charge >= 0.3 is 0 Å². The predicted octanol–water partition coefficient (Wildman–Crippen LogP) is 1.09. The number of thiophene rings is 1. The summed E-state index contributed by atoms with van der Waals surface area (Å²) in [5.41, 5.74) is -0.691. The summed E-state index contributed by atoms with van der Waals surface area (Å²) >= 11 is 1.12. The predicted molar refractivity (Wildman–Crippen MR) is 89.2 cm³/mol. The van der Waals surface area contributed by atoms with Gasteiger partial charge in [-0.25, -0.2) is 0 Å². The van der Waals surface area contributed by atoms with Crippen LogP contribution >= 0.6 is 11.3 Å². The van der Waals surface area contributed by atoms with Gasteiger partial charge < -0.3 is 20.3 Å². The second kappa shape index (κ2) is 7.30. The van der Waals surface area contributed by atoms with Crippen LogP contribution < -0.4 is 10.4 Å². The third-order valence-electron chi connectivity index (χ3n) is 2.97. The number of amides is 1. The normalized spacial score (nSPS) is 12.0. The van der Waals surface area contributed by atoms with Gasteiger partial charge in [-0.3, -0.25) is 4.79 Å². The zero-order valence-corrected chi connectivity index (χ0v) is 14.0. The fraction of sp³-hybridized carbons (Fsp3) is 0.222. The van der Waals surface area contributed by atoms with E-state index in [1.807, 2.05) is 0 Å². The molecule has 0 bridgehead atoms. The first-order valence-electron chi connectivity index (χ1n) is 7.18. The van der Waals surface area contributed by atoms with Crippen LogP contribution in [0.4, 0.5) is 0 Å². The lowest BCUT2D eigenvalue weighted by molar-refractivity contribution is -0.308. The number of hydrogen-bond acceptors (Lipinski definition) is 5. The molecule has 124 valence electrons. The molecule has 0 aliphatic heterocycles. The van der Waals surface area contributed by atoms with Crippen molar-refractivity contribution in [1.82, 2.24) is 5.32 Å². The molecule has 6 heteroatoms. The largest absolute Gasteiger partial charge is 0.548 e. The lowest BCUT2D eigenvalue weighted by atomic mass is 10.1. The molecule has 1 aromatic heterocycles. The summed E-state index contributed by atoms with van der Waals surface area (Å²) in [6, 6.07) is 10.3. The maximum atomic E-state index is 12.3. The molecular weight excluding hydrogens is 326 g/mol. The van der Waals surface area contributed by atoms with Gasteiger partial charge in [0.1, 0.15) is 5.60 Å². The molecule has 1 heterocycles. The molecule has 24 heavy (non-hydrogen) atoms. The van der Waals surface area contributed by atoms with Crippen LogP contribution in [0.5, 0.6) is 0 Å². The molecule has 0 aliphatic rings. The van der Waals surface area contributed by atoms with Crippen molar-refractivity contribution in [2.45, 2.75) is 25.5 Å². The summed E-state index contributed by atoms with van der Waals surface area (Å²) in [6.45, 7) is 3.12. The summed E-state index contributed by atoms with van der Waals surface area (Å²) in [5.74, 6) is 3.53. The molecule has 0 fully saturated rings. The van der Waals surface area contributed by atoms with Gasteiger partial charge in [0.2, 0.25) is 0 Å². The average Bonchev–Trinajstić information content (AvgIpc) is 2.99. The van der Waals surface area contributed by atoms with Crippen molar-refractivity contribution in [2.75, 3.05) is 0 Å². The molecule has 1 atom stereocenters. The molecule has 0 saturated carbocycles. The van der Waals surface area contributed by atoms with Crippen LogP contribution in [-0.2, 0) is 4.79 Å². The highest BCUT2D eigenvalue weighted by Gasteiger charge is 2.18. The van der Waals surface area contributed by atoms with Gasteiger partial charge in [0, 0.05) is 0 Å². The van der Waals surface area contributed by atoms with E-state index in [1.165, 1.54) is 0 Å². The SMILES string of the molecule is CC(C)(O)C#Cc1ccc(C(=O)N[C@H](C(=O)[O-])c2ccccc2)s1. The fourth-order valence-corrected chi connectivity index (χ4v) is 2.63. The number of carbonyl (C=O) groups excluding carboxylic acids is 2. The summed E-state index contributed by atoms with van der Waals surface area (Å²) in [6.07, 6.45) is 0. The maximum absolute atomic E-state index is 12.3. The van der Waals surface area contributed by atoms with Crippen LogP contribution in [-0.4, -0.2) is 22.6 Å². The maximum Gasteiger partial charge on any atom is 0.262 e. The Bertz CT molecular complexity index is 794. The van der Waals surface area contributed by atoms with Gasteiger partial charge in [-0.05, 0) is 31.5 Å². The van der Waals surface area contributed by atoms with Crippen molar-refractivity contribution in [3.63, 3.8) is 0 Å². The van der Waals surface area contributed by atoms with Crippen molar-refractivity contribution in [3.8, 4) is 11.8 Å². The van der Waals surface area contributed by atoms with Crippen LogP contribution in [0, 0.1) is 11.8 Å². The van der Waals surface area contributed by atoms with Crippen molar-refractivity contribution >= 4 is 23.2 Å². The monoisotopic (exact) mass is 342 g/mol. The number of benzene rings is 1. The Labute approximate surface area is 144 Å². The molecule has 2 rings (SSSR count). The highest BCUT2D eigenvalue weighted by atomic mass is 32.1. The van der Waals surface area contributed by atoms with Gasteiger partial charge in [-0.2, -0.15) is 0 Å². The lowest BCUT2D eigenvalue weighted by Gasteiger charge is -2.19. The minimum absolute atomic E-state index is 0.331. The van der Waals surface area contributed by atoms with Gasteiger partial charge in [0.25, 0.3) is 5.91 Å². The van der Waals surface area contributed by atoms with E-state index in [4.69, 9.17) is 0 Å². The first-order chi connectivity index (χ1) is 11.3. The van der Waals surface area contributed by atoms with E-state index < -0.39 is 23.5 Å². The van der Waals surface area contributed by atoms with E-state index in [2.05, 4.69) is 17.2 Å². The molecule has 2 N–H and O–H groups in total. The summed E-state index contributed by atoms with van der Waals surface area (Å²) in [7, 11) is 0. The van der Waals surface area contributed by atoms with Crippen LogP contribution in [0.25, 0.3) is 0 Å². The molecule has 2 aromatic rings. The standard InChI is InChI=1S/C18H17NO4S/c1-18(2,23)11-10-13-8-9-14(24-13)16(20)19-15(17(21)22)12-6-4-3-5-7-12/h3-9,15,23H,1-2H3,(H,19,20)(H,21,22)/p-1/t15-/m0/s1. The Balaban J connectivity index is 2.15. The van der Waals surface area contributed by atoms with Crippen molar-refractivity contribution in [3.05, 3.63) is 57.8 Å². The number of hydrogen-bond donors (Lipinski definition) is 2. The minimum atomic E-state index is -1.38. The Kier molecular flexibility index (Phi) is 5.39. The average molecular weight is 342 g/mol. The van der Waals surface area contributed by atoms with Gasteiger partial charge in [-0.15, -0.1) is 11.3 Å². The minimum Gasteiger partial charge on any atom is -0.548 e. The molecule has 5 nitrogen and oxygen atoms in total. The van der Waals surface area contributed by atoms with E-state index in [-0.39, 0.29) is 0 Å². The van der Waals surface area contributed by atoms with Crippen molar-refractivity contribution < 1.29 is 19.8 Å². The second-order valence-electron chi connectivity index (χ2n) is 5.61. The highest BCUT2D eigenvalue weighted by Crippen LogP contribution is 2.18. The molecule has 1 amide bonds. The van der Waals surface area contributed by atoms with Crippen LogP contribution in [0.3, 0.4) is 0 Å². The van der Waals surface area contributed by atoms with E-state index in [0.717, 1.165) is 11.3 Å². The number of nitrogens with one attached hydrogen (secondary N) is 1. The number of carbonyl (C=O) groups is 2. The highest BCUT2D eigenvalue weighted by molar-refractivity contribution is 7.14. The summed E-state index contributed by atoms with van der Waals surface area (Å²) < 4.78 is 0. The van der Waals surface area contributed by atoms with E-state index >= 15 is 0 Å². The third-order valence-corrected chi connectivity index (χ3v) is 3.96. The molecule has 0 spiro atoms. The molecule has 0 unspecified atom stereocenters. The van der Waals surface area contributed by atoms with Gasteiger partial charge in [-0.1, -0.05) is 42.2 Å². The summed E-state index contributed by atoms with van der Waals surface area (Å²) in [4.78, 5) is 24.5. The van der Waals surface area contributed by atoms with Gasteiger partial charge in [0.05, 0.1) is 21.8 Å². The molecule has 0 aliphatic carbocycles. The van der Waals surface area contributed by atoms with Crippen molar-refractivity contribution in [2.24, 2.45) is 0 Å². The second-order valence-corrected chi connectivity index (χ2v) is 6.69. The fourth-order valence-electron chi connectivity index (χ4n) is 1.87. The topological polar surface area (TPSA) is 89.5 Å². The zero-order valence-electron chi connectivity index (χ0n) is 13.2. The number of carboxylic acids is 1. The van der Waals surface area contributed by atoms with Crippen LogP contribution in [0.15, 0.2) is 42.5 Å². The number of aliphatic carboxylic acids is 1. The Hall–Kier alpha value is -2.62. The van der Waals surface area contributed by atoms with E-state index in [1.54, 1.807) is 56.3 Å². The molecule has 0 radical (unpaired) electrons. The zero-order chi connectivity index (χ0) is 17.7. The molecule has 0 saturated heterocycles. The Morgan fingerprint density at radius 2 is 1.88 bits per heavy atom. The van der Waals surface area contributed by atoms with Crippen LogP contribution in [0.1, 0.15) is 40.0 Å². The first kappa shape index (κ1) is 17.7.